The van der Waals surface area contributed by atoms with E-state index in [2.05, 4.69) is 11.1 Å². The molecule has 31 heavy (non-hydrogen) atoms. The van der Waals surface area contributed by atoms with Gasteiger partial charge in [0.1, 0.15) is 17.8 Å². The highest BCUT2D eigenvalue weighted by atomic mass is 16.5. The monoisotopic (exact) mass is 426 g/mol. The number of ether oxygens (including phenoxy) is 1. The second-order valence-corrected chi connectivity index (χ2v) is 9.14. The molecule has 1 aromatic carbocycles. The van der Waals surface area contributed by atoms with Gasteiger partial charge >= 0.3 is 0 Å². The van der Waals surface area contributed by atoms with Crippen molar-refractivity contribution in [2.45, 2.75) is 56.6 Å². The Balaban J connectivity index is 1.36. The fraction of sp³-hybridized carbons (Fsp3) is 0.609. The Labute approximate surface area is 181 Å². The number of benzene rings is 1. The van der Waals surface area contributed by atoms with Crippen LogP contribution in [0.5, 0.6) is 5.75 Å². The molecule has 1 saturated heterocycles. The number of carbonyl (C=O) groups excluding carboxylic acids is 2. The molecule has 2 amide bonds. The van der Waals surface area contributed by atoms with Crippen LogP contribution < -0.4 is 4.74 Å². The van der Waals surface area contributed by atoms with Crippen LogP contribution in [0.1, 0.15) is 60.6 Å². The number of hydrogen-bond donors (Lipinski definition) is 1. The number of methoxy groups -OCH3 is 1. The molecule has 1 aromatic heterocycles. The summed E-state index contributed by atoms with van der Waals surface area (Å²) < 4.78 is 7.39. The van der Waals surface area contributed by atoms with Crippen molar-refractivity contribution in [3.8, 4) is 5.75 Å². The van der Waals surface area contributed by atoms with Crippen LogP contribution >= 0.6 is 0 Å². The summed E-state index contributed by atoms with van der Waals surface area (Å²) in [6.45, 7) is 1.10. The zero-order chi connectivity index (χ0) is 21.7. The second kappa shape index (κ2) is 7.82. The molecule has 2 heterocycles. The second-order valence-electron chi connectivity index (χ2n) is 9.14. The van der Waals surface area contributed by atoms with E-state index in [0.29, 0.717) is 36.1 Å². The predicted octanol–water partition coefficient (Wildman–Crippen LogP) is 2.05. The number of aryl methyl sites for hydroxylation is 1. The largest absolute Gasteiger partial charge is 0.494 e. The van der Waals surface area contributed by atoms with Gasteiger partial charge in [-0.15, -0.1) is 0 Å². The number of amides is 2. The topological polar surface area (TPSA) is 87.9 Å². The van der Waals surface area contributed by atoms with Gasteiger partial charge in [0.05, 0.1) is 18.7 Å². The van der Waals surface area contributed by atoms with Crippen molar-refractivity contribution in [1.29, 1.82) is 0 Å². The minimum absolute atomic E-state index is 0.0200. The minimum Gasteiger partial charge on any atom is -0.494 e. The Morgan fingerprint density at radius 3 is 2.52 bits per heavy atom. The van der Waals surface area contributed by atoms with Gasteiger partial charge in [-0.2, -0.15) is 0 Å². The number of carbonyl (C=O) groups is 2. The predicted molar refractivity (Wildman–Crippen MR) is 115 cm³/mol. The van der Waals surface area contributed by atoms with Crippen molar-refractivity contribution >= 4 is 22.8 Å². The zero-order valence-electron chi connectivity index (χ0n) is 18.2. The van der Waals surface area contributed by atoms with Crippen LogP contribution in [0, 0.1) is 0 Å². The first-order valence-corrected chi connectivity index (χ1v) is 11.3. The quantitative estimate of drug-likeness (QED) is 0.809. The highest BCUT2D eigenvalue weighted by Gasteiger charge is 2.35. The third-order valence-corrected chi connectivity index (χ3v) is 7.09. The average molecular weight is 427 g/mol. The number of imidazole rings is 1. The molecule has 1 N–H and O–H groups in total. The Morgan fingerprint density at radius 1 is 1.13 bits per heavy atom. The van der Waals surface area contributed by atoms with Crippen molar-refractivity contribution in [3.63, 3.8) is 0 Å². The third kappa shape index (κ3) is 3.67. The van der Waals surface area contributed by atoms with Crippen LogP contribution in [0.15, 0.2) is 12.1 Å². The number of piperazine rings is 1. The van der Waals surface area contributed by atoms with E-state index in [1.807, 2.05) is 22.6 Å². The number of rotatable bonds is 4. The van der Waals surface area contributed by atoms with E-state index in [0.717, 1.165) is 31.2 Å². The number of aliphatic hydroxyl groups excluding tert-OH is 1. The zero-order valence-corrected chi connectivity index (χ0v) is 18.2. The SMILES string of the molecule is COc1cc(C2CC2)cc2c1nc(C(=O)N1CCN(C3CCC(O)CC3)C(=O)C1)n2C. The van der Waals surface area contributed by atoms with Crippen LogP contribution in [0.4, 0.5) is 0 Å². The summed E-state index contributed by atoms with van der Waals surface area (Å²) in [5, 5.41) is 9.73. The lowest BCUT2D eigenvalue weighted by Gasteiger charge is -2.41. The van der Waals surface area contributed by atoms with Gasteiger partial charge in [-0.3, -0.25) is 9.59 Å². The van der Waals surface area contributed by atoms with Gasteiger partial charge < -0.3 is 24.2 Å². The molecule has 2 aliphatic carbocycles. The maximum atomic E-state index is 13.3. The van der Waals surface area contributed by atoms with Crippen molar-refractivity contribution < 1.29 is 19.4 Å². The molecular formula is C23H30N4O4. The first-order chi connectivity index (χ1) is 15.0. The van der Waals surface area contributed by atoms with Gasteiger partial charge in [0.2, 0.25) is 5.91 Å². The molecule has 3 fully saturated rings. The first kappa shape index (κ1) is 20.3. The molecule has 1 aliphatic heterocycles. The maximum Gasteiger partial charge on any atom is 0.290 e. The summed E-state index contributed by atoms with van der Waals surface area (Å²) in [5.41, 5.74) is 2.80. The van der Waals surface area contributed by atoms with Crippen molar-refractivity contribution in [1.82, 2.24) is 19.4 Å². The molecule has 8 nitrogen and oxygen atoms in total. The van der Waals surface area contributed by atoms with Crippen molar-refractivity contribution in [3.05, 3.63) is 23.5 Å². The maximum absolute atomic E-state index is 13.3. The number of aliphatic hydroxyl groups is 1. The lowest BCUT2D eigenvalue weighted by atomic mass is 9.91. The van der Waals surface area contributed by atoms with Gasteiger partial charge in [0.25, 0.3) is 5.91 Å². The summed E-state index contributed by atoms with van der Waals surface area (Å²) in [4.78, 5) is 34.2. The summed E-state index contributed by atoms with van der Waals surface area (Å²) >= 11 is 0. The van der Waals surface area contributed by atoms with Crippen molar-refractivity contribution in [2.75, 3.05) is 26.7 Å². The first-order valence-electron chi connectivity index (χ1n) is 11.3. The molecule has 2 saturated carbocycles. The van der Waals surface area contributed by atoms with Crippen molar-refractivity contribution in [2.24, 2.45) is 7.05 Å². The Kier molecular flexibility index (Phi) is 5.12. The molecule has 3 aliphatic rings. The summed E-state index contributed by atoms with van der Waals surface area (Å²) in [6, 6.07) is 4.32. The number of hydrogen-bond acceptors (Lipinski definition) is 5. The van der Waals surface area contributed by atoms with Crippen LogP contribution in [0.3, 0.4) is 0 Å². The summed E-state index contributed by atoms with van der Waals surface area (Å²) in [6.07, 6.45) is 5.26. The smallest absolute Gasteiger partial charge is 0.290 e. The third-order valence-electron chi connectivity index (χ3n) is 7.09. The lowest BCUT2D eigenvalue weighted by molar-refractivity contribution is -0.138. The van der Waals surface area contributed by atoms with E-state index in [1.54, 1.807) is 12.0 Å². The highest BCUT2D eigenvalue weighted by Crippen LogP contribution is 2.43. The molecule has 0 radical (unpaired) electrons. The summed E-state index contributed by atoms with van der Waals surface area (Å²) in [5.74, 6) is 1.35. The number of fused-ring (bicyclic) bond motifs is 1. The summed E-state index contributed by atoms with van der Waals surface area (Å²) in [7, 11) is 3.48. The normalized spacial score (nSPS) is 24.7. The molecule has 0 spiro atoms. The van der Waals surface area contributed by atoms with Gasteiger partial charge in [-0.05, 0) is 62.1 Å². The fourth-order valence-electron chi connectivity index (χ4n) is 5.03. The Morgan fingerprint density at radius 2 is 1.87 bits per heavy atom. The van der Waals surface area contributed by atoms with Gasteiger partial charge in [-0.25, -0.2) is 4.98 Å². The van der Waals surface area contributed by atoms with Crippen LogP contribution in [-0.4, -0.2) is 75.2 Å². The fourth-order valence-corrected chi connectivity index (χ4v) is 5.03. The van der Waals surface area contributed by atoms with Gasteiger partial charge in [0.15, 0.2) is 5.82 Å². The molecule has 2 aromatic rings. The minimum atomic E-state index is -0.246. The van der Waals surface area contributed by atoms with Crippen LogP contribution in [0.2, 0.25) is 0 Å². The van der Waals surface area contributed by atoms with E-state index in [-0.39, 0.29) is 30.5 Å². The van der Waals surface area contributed by atoms with E-state index in [1.165, 1.54) is 18.4 Å². The average Bonchev–Trinajstić information content (AvgIpc) is 3.57. The van der Waals surface area contributed by atoms with E-state index in [9.17, 15) is 14.7 Å². The Bertz CT molecular complexity index is 1020. The molecular weight excluding hydrogens is 396 g/mol. The molecule has 0 atom stereocenters. The molecule has 0 unspecified atom stereocenters. The van der Waals surface area contributed by atoms with Gasteiger partial charge in [-0.1, -0.05) is 0 Å². The number of nitrogens with zero attached hydrogens (tertiary/aromatic N) is 4. The highest BCUT2D eigenvalue weighted by molar-refractivity contribution is 5.98. The lowest BCUT2D eigenvalue weighted by Crippen LogP contribution is -2.56. The van der Waals surface area contributed by atoms with Gasteiger partial charge in [0, 0.05) is 26.2 Å². The number of aromatic nitrogens is 2. The van der Waals surface area contributed by atoms with E-state index in [4.69, 9.17) is 4.74 Å². The molecule has 166 valence electrons. The van der Waals surface area contributed by atoms with E-state index < -0.39 is 0 Å². The van der Waals surface area contributed by atoms with Crippen LogP contribution in [-0.2, 0) is 11.8 Å². The van der Waals surface area contributed by atoms with Crippen LogP contribution in [0.25, 0.3) is 11.0 Å². The Hall–Kier alpha value is -2.61. The standard InChI is InChI=1S/C23H30N4O4/c1-25-18-11-15(14-3-4-14)12-19(31-2)21(18)24-22(25)23(30)26-9-10-27(20(29)13-26)16-5-7-17(28)8-6-16/h11-12,14,16-17,28H,3-10,13H2,1-2H3. The molecule has 5 rings (SSSR count). The molecule has 8 heteroatoms. The molecule has 0 bridgehead atoms. The van der Waals surface area contributed by atoms with E-state index >= 15 is 0 Å².